The summed E-state index contributed by atoms with van der Waals surface area (Å²) in [6, 6.07) is 6.04. The van der Waals surface area contributed by atoms with Crippen molar-refractivity contribution in [1.82, 2.24) is 4.90 Å². The van der Waals surface area contributed by atoms with Crippen molar-refractivity contribution in [2.75, 3.05) is 11.9 Å². The Hall–Kier alpha value is -1.59. The molecule has 1 atom stereocenters. The molecule has 0 spiro atoms. The zero-order valence-corrected chi connectivity index (χ0v) is 13.8. The molecule has 1 aliphatic heterocycles. The van der Waals surface area contributed by atoms with Crippen LogP contribution in [0.1, 0.15) is 50.2 Å². The van der Waals surface area contributed by atoms with E-state index in [1.165, 1.54) is 12.0 Å². The van der Waals surface area contributed by atoms with Crippen LogP contribution in [0, 0.1) is 0 Å². The van der Waals surface area contributed by atoms with Crippen molar-refractivity contribution in [3.05, 3.63) is 29.3 Å². The Morgan fingerprint density at radius 3 is 2.78 bits per heavy atom. The number of urea groups is 1. The van der Waals surface area contributed by atoms with E-state index in [1.807, 2.05) is 23.1 Å². The van der Waals surface area contributed by atoms with E-state index in [9.17, 15) is 9.90 Å². The van der Waals surface area contributed by atoms with Crippen LogP contribution in [-0.4, -0.2) is 34.7 Å². The van der Waals surface area contributed by atoms with Crippen molar-refractivity contribution in [2.45, 2.75) is 64.4 Å². The SMILES string of the molecule is C[C@H](O)CN(C(=O)Nc1ccc2c(c1)COC2)C1CCCCC1. The summed E-state index contributed by atoms with van der Waals surface area (Å²) in [5.74, 6) is 0. The van der Waals surface area contributed by atoms with Crippen LogP contribution in [0.2, 0.25) is 0 Å². The summed E-state index contributed by atoms with van der Waals surface area (Å²) in [5, 5.41) is 12.8. The summed E-state index contributed by atoms with van der Waals surface area (Å²) in [6.07, 6.45) is 5.09. The van der Waals surface area contributed by atoms with Crippen molar-refractivity contribution < 1.29 is 14.6 Å². The van der Waals surface area contributed by atoms with Gasteiger partial charge in [-0.25, -0.2) is 4.79 Å². The van der Waals surface area contributed by atoms with Gasteiger partial charge in [0, 0.05) is 18.3 Å². The molecular weight excluding hydrogens is 292 g/mol. The number of aliphatic hydroxyl groups excluding tert-OH is 1. The van der Waals surface area contributed by atoms with Crippen molar-refractivity contribution in [3.63, 3.8) is 0 Å². The van der Waals surface area contributed by atoms with E-state index < -0.39 is 6.10 Å². The number of amides is 2. The number of carbonyl (C=O) groups excluding carboxylic acids is 1. The Morgan fingerprint density at radius 1 is 1.30 bits per heavy atom. The lowest BCUT2D eigenvalue weighted by Crippen LogP contribution is -2.47. The van der Waals surface area contributed by atoms with E-state index in [-0.39, 0.29) is 12.1 Å². The Kier molecular flexibility index (Phi) is 5.18. The lowest BCUT2D eigenvalue weighted by Gasteiger charge is -2.35. The van der Waals surface area contributed by atoms with Gasteiger partial charge >= 0.3 is 6.03 Å². The number of nitrogens with one attached hydrogen (secondary N) is 1. The lowest BCUT2D eigenvalue weighted by molar-refractivity contribution is 0.105. The molecule has 1 heterocycles. The molecule has 5 heteroatoms. The van der Waals surface area contributed by atoms with E-state index >= 15 is 0 Å². The van der Waals surface area contributed by atoms with Crippen LogP contribution >= 0.6 is 0 Å². The third kappa shape index (κ3) is 4.03. The Labute approximate surface area is 137 Å². The molecule has 1 aromatic rings. The highest BCUT2D eigenvalue weighted by atomic mass is 16.5. The maximum atomic E-state index is 12.7. The fourth-order valence-electron chi connectivity index (χ4n) is 3.52. The zero-order valence-electron chi connectivity index (χ0n) is 13.8. The van der Waals surface area contributed by atoms with Gasteiger partial charge in [0.25, 0.3) is 0 Å². The number of carbonyl (C=O) groups is 1. The minimum absolute atomic E-state index is 0.114. The summed E-state index contributed by atoms with van der Waals surface area (Å²) >= 11 is 0. The smallest absolute Gasteiger partial charge is 0.322 e. The normalized spacial score (nSPS) is 19.2. The largest absolute Gasteiger partial charge is 0.392 e. The Balaban J connectivity index is 1.69. The van der Waals surface area contributed by atoms with Crippen LogP contribution in [0.25, 0.3) is 0 Å². The number of nitrogens with zero attached hydrogens (tertiary/aromatic N) is 1. The second-order valence-electron chi connectivity index (χ2n) is 6.70. The predicted octanol–water partition coefficient (Wildman–Crippen LogP) is 3.26. The first-order valence-electron chi connectivity index (χ1n) is 8.58. The van der Waals surface area contributed by atoms with Crippen molar-refractivity contribution in [2.24, 2.45) is 0 Å². The highest BCUT2D eigenvalue weighted by Gasteiger charge is 2.26. The summed E-state index contributed by atoms with van der Waals surface area (Å²) < 4.78 is 5.41. The monoisotopic (exact) mass is 318 g/mol. The van der Waals surface area contributed by atoms with Gasteiger partial charge in [0.15, 0.2) is 0 Å². The van der Waals surface area contributed by atoms with Gasteiger partial charge in [-0.1, -0.05) is 25.3 Å². The molecule has 3 rings (SSSR count). The maximum Gasteiger partial charge on any atom is 0.322 e. The van der Waals surface area contributed by atoms with Gasteiger partial charge in [0.1, 0.15) is 0 Å². The average Bonchev–Trinajstić information content (AvgIpc) is 3.01. The average molecular weight is 318 g/mol. The number of fused-ring (bicyclic) bond motifs is 1. The van der Waals surface area contributed by atoms with Crippen LogP contribution in [0.5, 0.6) is 0 Å². The van der Waals surface area contributed by atoms with Gasteiger partial charge in [0.05, 0.1) is 19.3 Å². The molecule has 5 nitrogen and oxygen atoms in total. The first-order chi connectivity index (χ1) is 11.1. The molecule has 0 saturated heterocycles. The van der Waals surface area contributed by atoms with Gasteiger partial charge < -0.3 is 20.1 Å². The van der Waals surface area contributed by atoms with Crippen LogP contribution < -0.4 is 5.32 Å². The van der Waals surface area contributed by atoms with Gasteiger partial charge in [-0.05, 0) is 43.0 Å². The number of rotatable bonds is 4. The third-order valence-corrected chi connectivity index (χ3v) is 4.71. The van der Waals surface area contributed by atoms with Crippen LogP contribution in [0.4, 0.5) is 10.5 Å². The topological polar surface area (TPSA) is 61.8 Å². The number of ether oxygens (including phenoxy) is 1. The van der Waals surface area contributed by atoms with Crippen LogP contribution in [0.3, 0.4) is 0 Å². The number of aliphatic hydroxyl groups is 1. The summed E-state index contributed by atoms with van der Waals surface area (Å²) in [7, 11) is 0. The summed E-state index contributed by atoms with van der Waals surface area (Å²) in [4.78, 5) is 14.5. The highest BCUT2D eigenvalue weighted by molar-refractivity contribution is 5.89. The van der Waals surface area contributed by atoms with E-state index in [0.717, 1.165) is 36.9 Å². The third-order valence-electron chi connectivity index (χ3n) is 4.71. The molecule has 0 aromatic heterocycles. The first kappa shape index (κ1) is 16.3. The number of hydrogen-bond donors (Lipinski definition) is 2. The predicted molar refractivity (Wildman–Crippen MR) is 89.2 cm³/mol. The van der Waals surface area contributed by atoms with Crippen LogP contribution in [0.15, 0.2) is 18.2 Å². The molecule has 23 heavy (non-hydrogen) atoms. The Bertz CT molecular complexity index is 553. The fourth-order valence-corrected chi connectivity index (χ4v) is 3.52. The second kappa shape index (κ2) is 7.32. The van der Waals surface area contributed by atoms with Gasteiger partial charge in [0.2, 0.25) is 0 Å². The molecule has 1 aliphatic carbocycles. The molecule has 2 aliphatic rings. The standard InChI is InChI=1S/C18H26N2O3/c1-13(21)10-20(17-5-3-2-4-6-17)18(22)19-16-8-7-14-11-23-12-15(14)9-16/h7-9,13,17,21H,2-6,10-12H2,1H3,(H,19,22)/t13-/m0/s1. The molecule has 1 fully saturated rings. The fraction of sp³-hybridized carbons (Fsp3) is 0.611. The molecular formula is C18H26N2O3. The Morgan fingerprint density at radius 2 is 2.04 bits per heavy atom. The molecule has 126 valence electrons. The van der Waals surface area contributed by atoms with E-state index in [1.54, 1.807) is 6.92 Å². The molecule has 1 saturated carbocycles. The molecule has 0 radical (unpaired) electrons. The van der Waals surface area contributed by atoms with Gasteiger partial charge in [-0.3, -0.25) is 0 Å². The molecule has 2 amide bonds. The van der Waals surface area contributed by atoms with Crippen molar-refractivity contribution >= 4 is 11.7 Å². The van der Waals surface area contributed by atoms with Crippen molar-refractivity contribution in [1.29, 1.82) is 0 Å². The van der Waals surface area contributed by atoms with Gasteiger partial charge in [-0.2, -0.15) is 0 Å². The minimum atomic E-state index is -0.518. The minimum Gasteiger partial charge on any atom is -0.392 e. The van der Waals surface area contributed by atoms with Crippen molar-refractivity contribution in [3.8, 4) is 0 Å². The van der Waals surface area contributed by atoms with Crippen LogP contribution in [-0.2, 0) is 18.0 Å². The van der Waals surface area contributed by atoms with E-state index in [4.69, 9.17) is 4.74 Å². The second-order valence-corrected chi connectivity index (χ2v) is 6.70. The highest BCUT2D eigenvalue weighted by Crippen LogP contribution is 2.26. The number of benzene rings is 1. The number of anilines is 1. The quantitative estimate of drug-likeness (QED) is 0.895. The van der Waals surface area contributed by atoms with E-state index in [0.29, 0.717) is 19.8 Å². The maximum absolute atomic E-state index is 12.7. The lowest BCUT2D eigenvalue weighted by atomic mass is 9.94. The summed E-state index contributed by atoms with van der Waals surface area (Å²) in [5.41, 5.74) is 3.13. The zero-order chi connectivity index (χ0) is 16.2. The first-order valence-corrected chi connectivity index (χ1v) is 8.58. The van der Waals surface area contributed by atoms with E-state index in [2.05, 4.69) is 5.32 Å². The molecule has 0 unspecified atom stereocenters. The summed E-state index contributed by atoms with van der Waals surface area (Å²) in [6.45, 7) is 3.37. The molecule has 1 aromatic carbocycles. The number of hydrogen-bond acceptors (Lipinski definition) is 3. The molecule has 2 N–H and O–H groups in total. The van der Waals surface area contributed by atoms with Gasteiger partial charge in [-0.15, -0.1) is 0 Å². The molecule has 0 bridgehead atoms.